The van der Waals surface area contributed by atoms with Crippen molar-refractivity contribution in [2.75, 3.05) is 11.9 Å². The van der Waals surface area contributed by atoms with Crippen molar-refractivity contribution in [3.8, 4) is 0 Å². The van der Waals surface area contributed by atoms with Crippen LogP contribution in [-0.2, 0) is 16.1 Å². The summed E-state index contributed by atoms with van der Waals surface area (Å²) in [5.41, 5.74) is 0.999. The van der Waals surface area contributed by atoms with Crippen molar-refractivity contribution in [1.82, 2.24) is 5.32 Å². The number of hydrogen-bond donors (Lipinski definition) is 2. The zero-order valence-corrected chi connectivity index (χ0v) is 13.9. The highest BCUT2D eigenvalue weighted by molar-refractivity contribution is 5.97. The topological polar surface area (TPSA) is 80.6 Å². The number of hydrogen-bond acceptors (Lipinski definition) is 5. The van der Waals surface area contributed by atoms with Gasteiger partial charge in [0.15, 0.2) is 6.10 Å². The van der Waals surface area contributed by atoms with E-state index in [-0.39, 0.29) is 5.91 Å². The molecular weight excluding hydrogens is 308 g/mol. The van der Waals surface area contributed by atoms with Crippen LogP contribution >= 0.6 is 0 Å². The highest BCUT2D eigenvalue weighted by atomic mass is 16.5. The van der Waals surface area contributed by atoms with Crippen LogP contribution in [0.3, 0.4) is 0 Å². The fraction of sp³-hybridized carbons (Fsp3) is 0.333. The minimum absolute atomic E-state index is 0.300. The molecule has 0 fully saturated rings. The van der Waals surface area contributed by atoms with Gasteiger partial charge in [0.1, 0.15) is 5.76 Å². The van der Waals surface area contributed by atoms with Crippen molar-refractivity contribution in [3.05, 3.63) is 54.0 Å². The van der Waals surface area contributed by atoms with Crippen LogP contribution < -0.4 is 10.6 Å². The molecule has 0 unspecified atom stereocenters. The molecule has 1 aromatic carbocycles. The Bertz CT molecular complexity index is 667. The number of rotatable bonds is 8. The number of anilines is 1. The number of carbonyl (C=O) groups is 2. The second-order valence-electron chi connectivity index (χ2n) is 5.32. The van der Waals surface area contributed by atoms with E-state index in [2.05, 4.69) is 10.6 Å². The van der Waals surface area contributed by atoms with E-state index in [1.807, 2.05) is 19.1 Å². The lowest BCUT2D eigenvalue weighted by Gasteiger charge is -2.15. The molecule has 1 heterocycles. The van der Waals surface area contributed by atoms with E-state index in [9.17, 15) is 9.59 Å². The zero-order valence-electron chi connectivity index (χ0n) is 13.9. The van der Waals surface area contributed by atoms with Crippen molar-refractivity contribution in [3.63, 3.8) is 0 Å². The van der Waals surface area contributed by atoms with Gasteiger partial charge in [-0.05, 0) is 37.6 Å². The van der Waals surface area contributed by atoms with E-state index in [4.69, 9.17) is 9.15 Å². The average molecular weight is 330 g/mol. The van der Waals surface area contributed by atoms with Gasteiger partial charge in [-0.1, -0.05) is 19.1 Å². The van der Waals surface area contributed by atoms with E-state index < -0.39 is 12.1 Å². The zero-order chi connectivity index (χ0) is 17.4. The van der Waals surface area contributed by atoms with Crippen LogP contribution in [0.2, 0.25) is 0 Å². The molecule has 1 atom stereocenters. The molecule has 6 heteroatoms. The molecule has 0 saturated carbocycles. The van der Waals surface area contributed by atoms with Crippen LogP contribution in [0.15, 0.2) is 47.1 Å². The van der Waals surface area contributed by atoms with E-state index >= 15 is 0 Å². The fourth-order valence-electron chi connectivity index (χ4n) is 2.08. The number of carbonyl (C=O) groups excluding carboxylic acids is 2. The largest absolute Gasteiger partial charge is 0.467 e. The van der Waals surface area contributed by atoms with E-state index in [1.54, 1.807) is 37.5 Å². The van der Waals surface area contributed by atoms with Gasteiger partial charge in [0.05, 0.1) is 18.4 Å². The van der Waals surface area contributed by atoms with Crippen molar-refractivity contribution in [1.29, 1.82) is 0 Å². The molecular formula is C18H22N2O4. The summed E-state index contributed by atoms with van der Waals surface area (Å²) in [5.74, 6) is -0.0894. The van der Waals surface area contributed by atoms with Gasteiger partial charge in [0.2, 0.25) is 0 Å². The molecule has 128 valence electrons. The summed E-state index contributed by atoms with van der Waals surface area (Å²) in [6.07, 6.45) is 1.57. The summed E-state index contributed by atoms with van der Waals surface area (Å²) < 4.78 is 10.5. The highest BCUT2D eigenvalue weighted by Crippen LogP contribution is 2.18. The van der Waals surface area contributed by atoms with Crippen molar-refractivity contribution < 1.29 is 18.7 Å². The van der Waals surface area contributed by atoms with Crippen LogP contribution in [0.5, 0.6) is 0 Å². The molecule has 2 aromatic rings. The summed E-state index contributed by atoms with van der Waals surface area (Å²) in [6.45, 7) is 4.52. The summed E-state index contributed by atoms with van der Waals surface area (Å²) in [5, 5.41) is 5.84. The molecule has 0 aliphatic heterocycles. The maximum absolute atomic E-state index is 12.3. The molecule has 0 aliphatic carbocycles. The van der Waals surface area contributed by atoms with Crippen LogP contribution in [0, 0.1) is 0 Å². The predicted molar refractivity (Wildman–Crippen MR) is 90.7 cm³/mol. The molecule has 0 saturated heterocycles. The Labute approximate surface area is 141 Å². The number of ether oxygens (including phenoxy) is 1. The molecule has 2 N–H and O–H groups in total. The van der Waals surface area contributed by atoms with Crippen molar-refractivity contribution in [2.24, 2.45) is 0 Å². The molecule has 0 bridgehead atoms. The number of nitrogens with one attached hydrogen (secondary N) is 2. The van der Waals surface area contributed by atoms with Crippen LogP contribution in [0.4, 0.5) is 5.69 Å². The summed E-state index contributed by atoms with van der Waals surface area (Å²) in [7, 11) is 0. The third kappa shape index (κ3) is 4.87. The molecule has 0 radical (unpaired) electrons. The molecule has 0 aliphatic rings. The molecule has 0 spiro atoms. The standard InChI is InChI=1S/C18H22N2O4/c1-3-10-19-17(21)13(2)24-18(22)15-8-4-5-9-16(15)20-12-14-7-6-11-23-14/h4-9,11,13,20H,3,10,12H2,1-2H3,(H,19,21)/t13-/m0/s1. The Morgan fingerprint density at radius 3 is 2.71 bits per heavy atom. The predicted octanol–water partition coefficient (Wildman–Crippen LogP) is 2.96. The Hall–Kier alpha value is -2.76. The van der Waals surface area contributed by atoms with Gasteiger partial charge in [0.25, 0.3) is 5.91 Å². The number of amides is 1. The quantitative estimate of drug-likeness (QED) is 0.727. The summed E-state index contributed by atoms with van der Waals surface area (Å²) in [6, 6.07) is 10.6. The van der Waals surface area contributed by atoms with E-state index in [0.29, 0.717) is 24.3 Å². The number of para-hydroxylation sites is 1. The third-order valence-electron chi connectivity index (χ3n) is 3.38. The number of benzene rings is 1. The lowest BCUT2D eigenvalue weighted by atomic mass is 10.1. The van der Waals surface area contributed by atoms with Gasteiger partial charge < -0.3 is 19.8 Å². The van der Waals surface area contributed by atoms with Gasteiger partial charge >= 0.3 is 5.97 Å². The van der Waals surface area contributed by atoms with Gasteiger partial charge in [-0.3, -0.25) is 4.79 Å². The lowest BCUT2D eigenvalue weighted by Crippen LogP contribution is -2.36. The second kappa shape index (κ2) is 8.76. The molecule has 2 rings (SSSR count). The first kappa shape index (κ1) is 17.6. The first-order chi connectivity index (χ1) is 11.6. The third-order valence-corrected chi connectivity index (χ3v) is 3.38. The van der Waals surface area contributed by atoms with Gasteiger partial charge in [-0.2, -0.15) is 0 Å². The molecule has 1 amide bonds. The maximum Gasteiger partial charge on any atom is 0.341 e. The first-order valence-corrected chi connectivity index (χ1v) is 7.95. The van der Waals surface area contributed by atoms with Crippen LogP contribution in [0.1, 0.15) is 36.4 Å². The molecule has 24 heavy (non-hydrogen) atoms. The smallest absolute Gasteiger partial charge is 0.341 e. The Morgan fingerprint density at radius 2 is 2.00 bits per heavy atom. The van der Waals surface area contributed by atoms with Gasteiger partial charge in [-0.15, -0.1) is 0 Å². The Morgan fingerprint density at radius 1 is 1.21 bits per heavy atom. The SMILES string of the molecule is CCCNC(=O)[C@H](C)OC(=O)c1ccccc1NCc1ccco1. The Balaban J connectivity index is 1.99. The lowest BCUT2D eigenvalue weighted by molar-refractivity contribution is -0.129. The summed E-state index contributed by atoms with van der Waals surface area (Å²) >= 11 is 0. The minimum atomic E-state index is -0.845. The average Bonchev–Trinajstić information content (AvgIpc) is 3.11. The Kier molecular flexibility index (Phi) is 6.42. The van der Waals surface area contributed by atoms with Crippen LogP contribution in [-0.4, -0.2) is 24.5 Å². The van der Waals surface area contributed by atoms with Crippen molar-refractivity contribution >= 4 is 17.6 Å². The maximum atomic E-state index is 12.3. The second-order valence-corrected chi connectivity index (χ2v) is 5.32. The highest BCUT2D eigenvalue weighted by Gasteiger charge is 2.20. The number of esters is 1. The number of furan rings is 1. The van der Waals surface area contributed by atoms with Crippen molar-refractivity contribution in [2.45, 2.75) is 32.9 Å². The minimum Gasteiger partial charge on any atom is -0.467 e. The molecule has 6 nitrogen and oxygen atoms in total. The van der Waals surface area contributed by atoms with Gasteiger partial charge in [0, 0.05) is 12.2 Å². The summed E-state index contributed by atoms with van der Waals surface area (Å²) in [4.78, 5) is 24.2. The van der Waals surface area contributed by atoms with Crippen LogP contribution in [0.25, 0.3) is 0 Å². The first-order valence-electron chi connectivity index (χ1n) is 7.95. The normalized spacial score (nSPS) is 11.6. The monoisotopic (exact) mass is 330 g/mol. The van der Waals surface area contributed by atoms with E-state index in [1.165, 1.54) is 0 Å². The fourth-order valence-corrected chi connectivity index (χ4v) is 2.08. The van der Waals surface area contributed by atoms with Gasteiger partial charge in [-0.25, -0.2) is 4.79 Å². The van der Waals surface area contributed by atoms with E-state index in [0.717, 1.165) is 12.2 Å². The molecule has 1 aromatic heterocycles.